The van der Waals surface area contributed by atoms with Crippen LogP contribution in [0, 0.1) is 6.92 Å². The zero-order chi connectivity index (χ0) is 5.11. The molecule has 0 fully saturated rings. The van der Waals surface area contributed by atoms with Crippen molar-refractivity contribution in [3.63, 3.8) is 0 Å². The molecule has 0 saturated carbocycles. The van der Waals surface area contributed by atoms with E-state index in [1.165, 1.54) is 0 Å². The molecule has 0 N–H and O–H groups in total. The van der Waals surface area contributed by atoms with E-state index >= 15 is 0 Å². The van der Waals surface area contributed by atoms with Crippen LogP contribution in [0.15, 0.2) is 30.3 Å². The van der Waals surface area contributed by atoms with Crippen molar-refractivity contribution in [3.05, 3.63) is 42.8 Å². The number of hydrogen-bond acceptors (Lipinski definition) is 0. The monoisotopic (exact) mass is 214 g/mol. The second-order valence-corrected chi connectivity index (χ2v) is 1.49. The predicted molar refractivity (Wildman–Crippen MR) is 36.7 cm³/mol. The van der Waals surface area contributed by atoms with E-state index in [-0.39, 0.29) is 54.9 Å². The molecule has 0 radical (unpaired) electrons. The van der Waals surface area contributed by atoms with Gasteiger partial charge in [0.05, 0.1) is 0 Å². The summed E-state index contributed by atoms with van der Waals surface area (Å²) in [6.45, 7) is 3.72. The van der Waals surface area contributed by atoms with Crippen molar-refractivity contribution < 1.29 is 31.9 Å². The van der Waals surface area contributed by atoms with Crippen LogP contribution >= 0.6 is 0 Å². The van der Waals surface area contributed by atoms with Gasteiger partial charge in [-0.2, -0.15) is 24.6 Å². The smallest absolute Gasteiger partial charge is 1.00 e. The predicted octanol–water partition coefficient (Wildman–Crippen LogP) is -1.51. The Kier molecular flexibility index (Phi) is 16.6. The molecule has 3 heteroatoms. The van der Waals surface area contributed by atoms with Crippen molar-refractivity contribution >= 4 is 23.1 Å². The van der Waals surface area contributed by atoms with E-state index in [0.29, 0.717) is 0 Å². The van der Waals surface area contributed by atoms with Crippen LogP contribution < -0.4 is 12.4 Å². The number of halogens is 1. The van der Waals surface area contributed by atoms with Gasteiger partial charge in [-0.05, 0) is 0 Å². The van der Waals surface area contributed by atoms with Gasteiger partial charge in [-0.1, -0.05) is 6.07 Å². The van der Waals surface area contributed by atoms with Crippen LogP contribution in [0.4, 0.5) is 0 Å². The number of benzene rings is 1. The van der Waals surface area contributed by atoms with Gasteiger partial charge >= 0.3 is 23.1 Å². The van der Waals surface area contributed by atoms with E-state index in [9.17, 15) is 0 Å². The summed E-state index contributed by atoms with van der Waals surface area (Å²) in [5.41, 5.74) is 1.07. The molecule has 1 aromatic carbocycles. The largest absolute Gasteiger partial charge is 2.00 e. The van der Waals surface area contributed by atoms with E-state index in [1.54, 1.807) is 0 Å². The summed E-state index contributed by atoms with van der Waals surface area (Å²) in [6, 6.07) is 9.87. The summed E-state index contributed by atoms with van der Waals surface area (Å²) in [5.74, 6) is 0. The van der Waals surface area contributed by atoms with Gasteiger partial charge in [-0.15, -0.1) is 12.1 Å². The van der Waals surface area contributed by atoms with Crippen LogP contribution in [0.5, 0.6) is 0 Å². The normalized spacial score (nSPS) is 6.00. The molecule has 0 aromatic heterocycles. The van der Waals surface area contributed by atoms with E-state index in [1.807, 2.05) is 30.3 Å². The summed E-state index contributed by atoms with van der Waals surface area (Å²) < 4.78 is 0. The third-order valence-electron chi connectivity index (χ3n) is 0.843. The molecular formula is C7H7ClMgZn. The Hall–Kier alpha value is 0.770. The molecule has 0 aliphatic carbocycles. The first-order valence-electron chi connectivity index (χ1n) is 2.26. The average molecular weight is 216 g/mol. The summed E-state index contributed by atoms with van der Waals surface area (Å²) in [4.78, 5) is 0. The molecule has 1 aromatic rings. The molecule has 10 heavy (non-hydrogen) atoms. The van der Waals surface area contributed by atoms with Gasteiger partial charge in [0.15, 0.2) is 0 Å². The molecule has 0 aliphatic rings. The summed E-state index contributed by atoms with van der Waals surface area (Å²) in [5, 5.41) is 0. The van der Waals surface area contributed by atoms with Gasteiger partial charge in [0.1, 0.15) is 0 Å². The number of rotatable bonds is 0. The van der Waals surface area contributed by atoms with Gasteiger partial charge in [-0.3, -0.25) is 0 Å². The van der Waals surface area contributed by atoms with Gasteiger partial charge in [0.25, 0.3) is 0 Å². The standard InChI is InChI=1S/C7H7.ClH.Mg.Zn/c1-7-5-3-2-4-6-7;;;/h2-6H,1H2;1H;;/q-1;;+2;/p-1. The van der Waals surface area contributed by atoms with Crippen molar-refractivity contribution in [2.45, 2.75) is 0 Å². The van der Waals surface area contributed by atoms with Crippen molar-refractivity contribution in [1.82, 2.24) is 0 Å². The van der Waals surface area contributed by atoms with Crippen LogP contribution in [0.1, 0.15) is 5.56 Å². The van der Waals surface area contributed by atoms with E-state index in [4.69, 9.17) is 0 Å². The first-order chi connectivity index (χ1) is 3.39. The Morgan fingerprint density at radius 2 is 1.40 bits per heavy atom. The fraction of sp³-hybridized carbons (Fsp3) is 0. The van der Waals surface area contributed by atoms with E-state index < -0.39 is 0 Å². The Morgan fingerprint density at radius 3 is 1.60 bits per heavy atom. The summed E-state index contributed by atoms with van der Waals surface area (Å²) >= 11 is 0. The van der Waals surface area contributed by atoms with Crippen LogP contribution in [0.3, 0.4) is 0 Å². The molecule has 0 aliphatic heterocycles. The fourth-order valence-corrected chi connectivity index (χ4v) is 0.478. The maximum absolute atomic E-state index is 3.72. The Morgan fingerprint density at radius 1 is 1.00 bits per heavy atom. The van der Waals surface area contributed by atoms with Gasteiger partial charge in [0.2, 0.25) is 0 Å². The first-order valence-corrected chi connectivity index (χ1v) is 2.26. The fourth-order valence-electron chi connectivity index (χ4n) is 0.478. The zero-order valence-corrected chi connectivity index (χ0v) is 11.0. The minimum absolute atomic E-state index is 0. The van der Waals surface area contributed by atoms with Crippen LogP contribution in [0.25, 0.3) is 0 Å². The quantitative estimate of drug-likeness (QED) is 0.365. The van der Waals surface area contributed by atoms with E-state index in [2.05, 4.69) is 6.92 Å². The maximum Gasteiger partial charge on any atom is 2.00 e. The number of hydrogen-bond donors (Lipinski definition) is 0. The SMILES string of the molecule is [CH2-]c1ccccc1.[Cl-].[Mg+2].[Zn]. The zero-order valence-electron chi connectivity index (χ0n) is 5.89. The first kappa shape index (κ1) is 17.0. The molecule has 0 unspecified atom stereocenters. The molecular weight excluding hydrogens is 209 g/mol. The topological polar surface area (TPSA) is 0 Å². The molecule has 1 rings (SSSR count). The molecule has 0 nitrogen and oxygen atoms in total. The van der Waals surface area contributed by atoms with Crippen molar-refractivity contribution in [2.75, 3.05) is 0 Å². The van der Waals surface area contributed by atoms with Crippen LogP contribution in [-0.4, -0.2) is 23.1 Å². The second kappa shape index (κ2) is 9.77. The molecule has 0 amide bonds. The molecule has 0 spiro atoms. The van der Waals surface area contributed by atoms with Crippen LogP contribution in [0.2, 0.25) is 0 Å². The summed E-state index contributed by atoms with van der Waals surface area (Å²) in [6.07, 6.45) is 0. The minimum Gasteiger partial charge on any atom is -1.00 e. The summed E-state index contributed by atoms with van der Waals surface area (Å²) in [7, 11) is 0. The minimum atomic E-state index is 0. The van der Waals surface area contributed by atoms with E-state index in [0.717, 1.165) is 5.56 Å². The molecule has 0 heterocycles. The van der Waals surface area contributed by atoms with Gasteiger partial charge in [0, 0.05) is 19.5 Å². The Labute approximate surface area is 97.1 Å². The Balaban J connectivity index is -0.000000163. The van der Waals surface area contributed by atoms with Crippen LogP contribution in [-0.2, 0) is 19.5 Å². The third kappa shape index (κ3) is 6.88. The molecule has 46 valence electrons. The molecule has 0 atom stereocenters. The van der Waals surface area contributed by atoms with Crippen molar-refractivity contribution in [2.24, 2.45) is 0 Å². The Bertz CT molecular complexity index is 144. The van der Waals surface area contributed by atoms with Gasteiger partial charge in [-0.25, -0.2) is 0 Å². The van der Waals surface area contributed by atoms with Gasteiger partial charge < -0.3 is 12.4 Å². The maximum atomic E-state index is 3.72. The average Bonchev–Trinajstić information content (AvgIpc) is 1.69. The third-order valence-corrected chi connectivity index (χ3v) is 0.843. The van der Waals surface area contributed by atoms with Crippen molar-refractivity contribution in [1.29, 1.82) is 0 Å². The molecule has 0 bridgehead atoms. The molecule has 0 saturated heterocycles. The second-order valence-electron chi connectivity index (χ2n) is 1.49. The van der Waals surface area contributed by atoms with Crippen molar-refractivity contribution in [3.8, 4) is 0 Å².